The lowest BCUT2D eigenvalue weighted by atomic mass is 9.93. The second kappa shape index (κ2) is 9.38. The Labute approximate surface area is 189 Å². The van der Waals surface area contributed by atoms with Crippen molar-refractivity contribution in [2.45, 2.75) is 51.7 Å². The number of Topliss-reactive ketones (excluding diaryl/α,β-unsaturated/α-hetero) is 1. The van der Waals surface area contributed by atoms with E-state index in [2.05, 4.69) is 15.6 Å². The van der Waals surface area contributed by atoms with Gasteiger partial charge < -0.3 is 20.3 Å². The van der Waals surface area contributed by atoms with E-state index >= 15 is 0 Å². The molecule has 2 aromatic heterocycles. The smallest absolute Gasteiger partial charge is 0.294 e. The van der Waals surface area contributed by atoms with E-state index in [0.717, 1.165) is 0 Å². The van der Waals surface area contributed by atoms with Crippen LogP contribution in [0.3, 0.4) is 0 Å². The number of nitrogens with one attached hydrogen (secondary N) is 2. The minimum absolute atomic E-state index is 0.132. The molecule has 0 aliphatic heterocycles. The van der Waals surface area contributed by atoms with Gasteiger partial charge >= 0.3 is 0 Å². The lowest BCUT2D eigenvalue weighted by molar-refractivity contribution is -0.118. The summed E-state index contributed by atoms with van der Waals surface area (Å²) in [6.45, 7) is 3.33. The molecule has 0 bridgehead atoms. The highest BCUT2D eigenvalue weighted by Crippen LogP contribution is 2.25. The Balaban J connectivity index is 1.81. The van der Waals surface area contributed by atoms with E-state index in [-0.39, 0.29) is 28.1 Å². The van der Waals surface area contributed by atoms with Gasteiger partial charge in [-0.1, -0.05) is 23.2 Å². The maximum absolute atomic E-state index is 12.9. The molecule has 8 nitrogen and oxygen atoms in total. The van der Waals surface area contributed by atoms with Crippen LogP contribution in [0, 0.1) is 13.8 Å². The third-order valence-corrected chi connectivity index (χ3v) is 6.02. The van der Waals surface area contributed by atoms with Crippen LogP contribution in [-0.2, 0) is 11.8 Å². The van der Waals surface area contributed by atoms with Crippen molar-refractivity contribution in [1.29, 1.82) is 0 Å². The number of carbonyl (C=O) groups is 3. The predicted molar refractivity (Wildman–Crippen MR) is 118 cm³/mol. The van der Waals surface area contributed by atoms with E-state index in [9.17, 15) is 19.5 Å². The number of pyridine rings is 1. The molecule has 0 aromatic carbocycles. The zero-order chi connectivity index (χ0) is 22.9. The number of anilines is 1. The van der Waals surface area contributed by atoms with Crippen molar-refractivity contribution >= 4 is 46.5 Å². The monoisotopic (exact) mass is 466 g/mol. The van der Waals surface area contributed by atoms with E-state index in [1.165, 1.54) is 12.1 Å². The first-order valence-corrected chi connectivity index (χ1v) is 10.7. The summed E-state index contributed by atoms with van der Waals surface area (Å²) in [7, 11) is 1.64. The van der Waals surface area contributed by atoms with Gasteiger partial charge in [0, 0.05) is 24.5 Å². The Morgan fingerprint density at radius 3 is 2.26 bits per heavy atom. The number of halogens is 2. The Kier molecular flexibility index (Phi) is 7.03. The fraction of sp³-hybridized carbons (Fsp3) is 0.429. The van der Waals surface area contributed by atoms with Crippen molar-refractivity contribution in [1.82, 2.24) is 14.9 Å². The molecule has 2 heterocycles. The minimum Gasteiger partial charge on any atom is -0.393 e. The third kappa shape index (κ3) is 5.08. The summed E-state index contributed by atoms with van der Waals surface area (Å²) in [5, 5.41) is 15.3. The van der Waals surface area contributed by atoms with Crippen LogP contribution in [0.15, 0.2) is 12.1 Å². The maximum Gasteiger partial charge on any atom is 0.294 e. The van der Waals surface area contributed by atoms with Gasteiger partial charge in [-0.05, 0) is 57.2 Å². The van der Waals surface area contributed by atoms with E-state index in [4.69, 9.17) is 23.2 Å². The Morgan fingerprint density at radius 2 is 1.68 bits per heavy atom. The molecule has 1 aliphatic rings. The second-order valence-corrected chi connectivity index (χ2v) is 8.53. The fourth-order valence-electron chi connectivity index (χ4n) is 3.94. The molecule has 0 spiro atoms. The van der Waals surface area contributed by atoms with Gasteiger partial charge in [-0.25, -0.2) is 4.98 Å². The number of hydrogen-bond donors (Lipinski definition) is 3. The first kappa shape index (κ1) is 23.2. The molecule has 166 valence electrons. The number of nitrogens with zero attached hydrogens (tertiary/aromatic N) is 2. The van der Waals surface area contributed by atoms with Crippen LogP contribution in [0.1, 0.15) is 57.8 Å². The van der Waals surface area contributed by atoms with Gasteiger partial charge in [0.15, 0.2) is 0 Å². The zero-order valence-electron chi connectivity index (χ0n) is 17.5. The molecule has 2 aromatic rings. The lowest BCUT2D eigenvalue weighted by Crippen LogP contribution is -2.42. The number of rotatable bonds is 5. The topological polar surface area (TPSA) is 113 Å². The Hall–Kier alpha value is -2.42. The number of aliphatic hydroxyl groups excluding tert-OH is 1. The molecule has 3 N–H and O–H groups in total. The average Bonchev–Trinajstić information content (AvgIpc) is 2.90. The fourth-order valence-corrected chi connectivity index (χ4v) is 4.40. The Morgan fingerprint density at radius 1 is 1.10 bits per heavy atom. The SMILES string of the molecule is Cc1c(C(=O)Nc2cc(Cl)nc(Cl)c2)c(C)n(C)c1C(=O)C(=O)N[C@H]1CC[C@@H](O)CC1. The van der Waals surface area contributed by atoms with Crippen molar-refractivity contribution in [3.63, 3.8) is 0 Å². The van der Waals surface area contributed by atoms with Crippen LogP contribution in [-0.4, -0.2) is 44.4 Å². The number of aliphatic hydroxyl groups is 1. The zero-order valence-corrected chi connectivity index (χ0v) is 19.0. The van der Waals surface area contributed by atoms with Crippen molar-refractivity contribution in [3.8, 4) is 0 Å². The molecule has 0 radical (unpaired) electrons. The van der Waals surface area contributed by atoms with Gasteiger partial charge in [0.25, 0.3) is 17.6 Å². The molecule has 1 aliphatic carbocycles. The molecule has 31 heavy (non-hydrogen) atoms. The summed E-state index contributed by atoms with van der Waals surface area (Å²) in [4.78, 5) is 42.2. The normalized spacial score (nSPS) is 18.5. The molecular weight excluding hydrogens is 443 g/mol. The van der Waals surface area contributed by atoms with Crippen LogP contribution >= 0.6 is 23.2 Å². The van der Waals surface area contributed by atoms with Gasteiger partial charge in [0.2, 0.25) is 0 Å². The average molecular weight is 467 g/mol. The van der Waals surface area contributed by atoms with Gasteiger partial charge in [-0.3, -0.25) is 14.4 Å². The highest BCUT2D eigenvalue weighted by molar-refractivity contribution is 6.43. The van der Waals surface area contributed by atoms with Crippen LogP contribution in [0.2, 0.25) is 10.3 Å². The molecule has 0 atom stereocenters. The maximum atomic E-state index is 12.9. The van der Waals surface area contributed by atoms with Crippen LogP contribution in [0.25, 0.3) is 0 Å². The van der Waals surface area contributed by atoms with Gasteiger partial charge in [-0.2, -0.15) is 0 Å². The summed E-state index contributed by atoms with van der Waals surface area (Å²) in [5.74, 6) is -1.88. The summed E-state index contributed by atoms with van der Waals surface area (Å²) >= 11 is 11.8. The van der Waals surface area contributed by atoms with Gasteiger partial charge in [-0.15, -0.1) is 0 Å². The summed E-state index contributed by atoms with van der Waals surface area (Å²) in [6, 6.07) is 2.77. The highest BCUT2D eigenvalue weighted by Gasteiger charge is 2.30. The molecular formula is C21H24Cl2N4O4. The molecule has 0 saturated heterocycles. The van der Waals surface area contributed by atoms with E-state index in [1.807, 2.05) is 0 Å². The number of aromatic nitrogens is 2. The number of amides is 2. The largest absolute Gasteiger partial charge is 0.393 e. The van der Waals surface area contributed by atoms with Crippen molar-refractivity contribution in [3.05, 3.63) is 45.0 Å². The first-order chi connectivity index (χ1) is 14.6. The second-order valence-electron chi connectivity index (χ2n) is 7.76. The summed E-state index contributed by atoms with van der Waals surface area (Å²) in [5.41, 5.74) is 1.76. The molecule has 3 rings (SSSR count). The molecule has 1 saturated carbocycles. The quantitative estimate of drug-likeness (QED) is 0.355. The minimum atomic E-state index is -0.718. The highest BCUT2D eigenvalue weighted by atomic mass is 35.5. The number of hydrogen-bond acceptors (Lipinski definition) is 5. The molecule has 1 fully saturated rings. The van der Waals surface area contributed by atoms with Crippen LogP contribution in [0.5, 0.6) is 0 Å². The molecule has 10 heteroatoms. The van der Waals surface area contributed by atoms with Crippen molar-refractivity contribution in [2.24, 2.45) is 7.05 Å². The van der Waals surface area contributed by atoms with Gasteiger partial charge in [0.1, 0.15) is 10.3 Å². The van der Waals surface area contributed by atoms with Gasteiger partial charge in [0.05, 0.1) is 17.4 Å². The Bertz CT molecular complexity index is 1020. The van der Waals surface area contributed by atoms with Crippen LogP contribution in [0.4, 0.5) is 5.69 Å². The van der Waals surface area contributed by atoms with Crippen molar-refractivity contribution < 1.29 is 19.5 Å². The third-order valence-electron chi connectivity index (χ3n) is 5.63. The van der Waals surface area contributed by atoms with E-state index in [1.54, 1.807) is 25.5 Å². The molecule has 0 unspecified atom stereocenters. The standard InChI is InChI=1S/C21H24Cl2N4O4/c1-10-17(20(30)25-13-8-15(22)26-16(23)9-13)11(2)27(3)18(10)19(29)21(31)24-12-4-6-14(28)7-5-12/h8-9,12,14,28H,4-7H2,1-3H3,(H,24,31)(H,25,26,30)/t12-,14+. The van der Waals surface area contributed by atoms with Crippen LogP contribution < -0.4 is 10.6 Å². The van der Waals surface area contributed by atoms with E-state index in [0.29, 0.717) is 48.2 Å². The van der Waals surface area contributed by atoms with E-state index < -0.39 is 17.6 Å². The lowest BCUT2D eigenvalue weighted by Gasteiger charge is -2.25. The summed E-state index contributed by atoms with van der Waals surface area (Å²) < 4.78 is 1.54. The summed E-state index contributed by atoms with van der Waals surface area (Å²) in [6.07, 6.45) is 2.07. The number of carbonyl (C=O) groups excluding carboxylic acids is 3. The molecule has 2 amide bonds. The number of ketones is 1. The van der Waals surface area contributed by atoms with Crippen molar-refractivity contribution in [2.75, 3.05) is 5.32 Å². The predicted octanol–water partition coefficient (Wildman–Crippen LogP) is 3.20. The first-order valence-electron chi connectivity index (χ1n) is 9.92.